The maximum Gasteiger partial charge on any atom is 0.294 e. The summed E-state index contributed by atoms with van der Waals surface area (Å²) in [7, 11) is -4.02. The summed E-state index contributed by atoms with van der Waals surface area (Å²) >= 11 is 0. The predicted molar refractivity (Wildman–Crippen MR) is 104 cm³/mol. The van der Waals surface area contributed by atoms with E-state index in [2.05, 4.69) is 9.72 Å². The van der Waals surface area contributed by atoms with Crippen LogP contribution in [0.4, 0.5) is 0 Å². The molecule has 3 rings (SSSR count). The lowest BCUT2D eigenvalue weighted by Crippen LogP contribution is -2.33. The topological polar surface area (TPSA) is 200 Å². The fourth-order valence-electron chi connectivity index (χ4n) is 2.10. The summed E-state index contributed by atoms with van der Waals surface area (Å²) in [5.41, 5.74) is 6.33. The lowest BCUT2D eigenvalue weighted by Gasteiger charge is -2.09. The first kappa shape index (κ1) is 25.6. The number of aliphatic hydroxyl groups excluding tert-OH is 4. The molecule has 2 heterocycles. The molecule has 12 heteroatoms. The van der Waals surface area contributed by atoms with Crippen molar-refractivity contribution in [2.24, 2.45) is 5.73 Å². The van der Waals surface area contributed by atoms with E-state index in [0.717, 1.165) is 5.56 Å². The average Bonchev–Trinajstić information content (AvgIpc) is 2.96. The summed E-state index contributed by atoms with van der Waals surface area (Å²) in [5.74, 6) is -0.442. The first-order valence-electron chi connectivity index (χ1n) is 8.52. The van der Waals surface area contributed by atoms with Crippen LogP contribution in [0.3, 0.4) is 0 Å². The van der Waals surface area contributed by atoms with Crippen LogP contribution in [0.25, 0.3) is 0 Å². The highest BCUT2D eigenvalue weighted by Crippen LogP contribution is 2.18. The molecule has 1 amide bonds. The number of hydrogen-bond donors (Lipinski definition) is 6. The Morgan fingerprint density at radius 3 is 2.03 bits per heavy atom. The summed E-state index contributed by atoms with van der Waals surface area (Å²) in [6, 6.07) is 9.27. The average molecular weight is 444 g/mol. The molecule has 1 aromatic carbocycles. The molecule has 7 N–H and O–H groups in total. The number of hydrogen-bond acceptors (Lipinski definition) is 9. The van der Waals surface area contributed by atoms with Crippen molar-refractivity contribution >= 4 is 16.0 Å². The number of benzene rings is 1. The Kier molecular flexibility index (Phi) is 9.95. The van der Waals surface area contributed by atoms with Gasteiger partial charge in [0.1, 0.15) is 18.3 Å². The smallest absolute Gasteiger partial charge is 0.294 e. The van der Waals surface area contributed by atoms with Crippen LogP contribution in [0.2, 0.25) is 0 Å². The van der Waals surface area contributed by atoms with Crippen molar-refractivity contribution in [3.8, 4) is 0 Å². The molecule has 1 saturated heterocycles. The van der Waals surface area contributed by atoms with Crippen molar-refractivity contribution in [1.29, 1.82) is 0 Å². The molecular formula is C18H24N2O9S. The fraction of sp³-hybridized carbons (Fsp3) is 0.333. The Hall–Kier alpha value is -2.45. The van der Waals surface area contributed by atoms with Gasteiger partial charge in [-0.05, 0) is 31.2 Å². The highest BCUT2D eigenvalue weighted by atomic mass is 32.2. The van der Waals surface area contributed by atoms with Crippen molar-refractivity contribution in [1.82, 2.24) is 4.98 Å². The lowest BCUT2D eigenvalue weighted by atomic mass is 10.1. The number of amides is 1. The highest BCUT2D eigenvalue weighted by molar-refractivity contribution is 7.85. The van der Waals surface area contributed by atoms with E-state index in [-0.39, 0.29) is 4.90 Å². The van der Waals surface area contributed by atoms with Gasteiger partial charge in [-0.25, -0.2) is 0 Å². The molecule has 1 aliphatic heterocycles. The van der Waals surface area contributed by atoms with Gasteiger partial charge in [0, 0.05) is 12.4 Å². The molecule has 30 heavy (non-hydrogen) atoms. The van der Waals surface area contributed by atoms with Gasteiger partial charge in [0.05, 0.1) is 17.1 Å². The molecule has 0 spiro atoms. The zero-order chi connectivity index (χ0) is 22.9. The van der Waals surface area contributed by atoms with Crippen LogP contribution < -0.4 is 5.73 Å². The van der Waals surface area contributed by atoms with Crippen LogP contribution >= 0.6 is 0 Å². The Morgan fingerprint density at radius 1 is 1.13 bits per heavy atom. The predicted octanol–water partition coefficient (Wildman–Crippen LogP) is -1.16. The highest BCUT2D eigenvalue weighted by Gasteiger charge is 2.41. The molecule has 1 fully saturated rings. The van der Waals surface area contributed by atoms with Crippen molar-refractivity contribution in [2.45, 2.75) is 36.4 Å². The number of aromatic nitrogens is 1. The summed E-state index contributed by atoms with van der Waals surface area (Å²) in [6.45, 7) is 1.43. The number of aryl methyl sites for hydroxylation is 1. The maximum atomic E-state index is 10.5. The summed E-state index contributed by atoms with van der Waals surface area (Å²) in [6.07, 6.45) is -1.73. The number of carbonyl (C=O) groups is 1. The quantitative estimate of drug-likeness (QED) is 0.314. The van der Waals surface area contributed by atoms with Gasteiger partial charge in [-0.1, -0.05) is 17.7 Å². The van der Waals surface area contributed by atoms with Gasteiger partial charge in [-0.15, -0.1) is 0 Å². The molecule has 1 aliphatic rings. The SMILES string of the molecule is Cc1ccc(S(=O)(=O)O)cc1.NC(=O)c1cccnc1.OC[C@H]1O[C@@H](O)[C@H](O)[C@@H]1O. The zero-order valence-corrected chi connectivity index (χ0v) is 16.8. The third kappa shape index (κ3) is 8.12. The molecule has 1 aromatic heterocycles. The summed E-state index contributed by atoms with van der Waals surface area (Å²) < 4.78 is 34.1. The first-order valence-corrected chi connectivity index (χ1v) is 9.96. The molecule has 166 valence electrons. The number of aliphatic hydroxyl groups is 4. The third-order valence-electron chi connectivity index (χ3n) is 3.78. The van der Waals surface area contributed by atoms with Crippen molar-refractivity contribution < 1.29 is 42.9 Å². The van der Waals surface area contributed by atoms with Gasteiger partial charge in [0.15, 0.2) is 6.29 Å². The van der Waals surface area contributed by atoms with E-state index in [9.17, 15) is 13.2 Å². The van der Waals surface area contributed by atoms with Crippen molar-refractivity contribution in [2.75, 3.05) is 6.61 Å². The van der Waals surface area contributed by atoms with E-state index in [1.165, 1.54) is 18.3 Å². The van der Waals surface area contributed by atoms with Gasteiger partial charge in [-0.3, -0.25) is 14.3 Å². The van der Waals surface area contributed by atoms with E-state index in [1.807, 2.05) is 6.92 Å². The Morgan fingerprint density at radius 2 is 1.73 bits per heavy atom. The number of pyridine rings is 1. The van der Waals surface area contributed by atoms with Gasteiger partial charge >= 0.3 is 0 Å². The largest absolute Gasteiger partial charge is 0.394 e. The van der Waals surface area contributed by atoms with Gasteiger partial charge < -0.3 is 30.9 Å². The van der Waals surface area contributed by atoms with Gasteiger partial charge in [0.2, 0.25) is 5.91 Å². The molecule has 0 aliphatic carbocycles. The molecule has 4 atom stereocenters. The van der Waals surface area contributed by atoms with Crippen LogP contribution in [0.15, 0.2) is 53.7 Å². The third-order valence-corrected chi connectivity index (χ3v) is 4.65. The number of carbonyl (C=O) groups excluding carboxylic acids is 1. The minimum Gasteiger partial charge on any atom is -0.394 e. The minimum absolute atomic E-state index is 0.0666. The fourth-order valence-corrected chi connectivity index (χ4v) is 2.58. The Labute approximate surface area is 173 Å². The molecule has 0 saturated carbocycles. The van der Waals surface area contributed by atoms with E-state index in [1.54, 1.807) is 30.5 Å². The molecule has 0 unspecified atom stereocenters. The van der Waals surface area contributed by atoms with Crippen LogP contribution in [-0.2, 0) is 14.9 Å². The first-order chi connectivity index (χ1) is 14.0. The molecule has 2 aromatic rings. The second-order valence-corrected chi connectivity index (χ2v) is 7.54. The number of ether oxygens (including phenoxy) is 1. The van der Waals surface area contributed by atoms with Crippen molar-refractivity contribution in [3.63, 3.8) is 0 Å². The Balaban J connectivity index is 0.000000226. The number of primary amides is 1. The zero-order valence-electron chi connectivity index (χ0n) is 15.9. The summed E-state index contributed by atoms with van der Waals surface area (Å²) in [4.78, 5) is 14.0. The van der Waals surface area contributed by atoms with Crippen LogP contribution in [-0.4, -0.2) is 75.5 Å². The summed E-state index contributed by atoms with van der Waals surface area (Å²) in [5, 5.41) is 35.0. The molecular weight excluding hydrogens is 420 g/mol. The van der Waals surface area contributed by atoms with E-state index in [4.69, 9.17) is 30.7 Å². The van der Waals surface area contributed by atoms with Gasteiger partial charge in [-0.2, -0.15) is 8.42 Å². The molecule has 11 nitrogen and oxygen atoms in total. The van der Waals surface area contributed by atoms with Gasteiger partial charge in [0.25, 0.3) is 10.1 Å². The second kappa shape index (κ2) is 11.7. The molecule has 0 bridgehead atoms. The van der Waals surface area contributed by atoms with Crippen LogP contribution in [0.1, 0.15) is 15.9 Å². The number of rotatable bonds is 3. The Bertz CT molecular complexity index is 892. The monoisotopic (exact) mass is 444 g/mol. The maximum absolute atomic E-state index is 10.5. The van der Waals surface area contributed by atoms with E-state index in [0.29, 0.717) is 5.56 Å². The lowest BCUT2D eigenvalue weighted by molar-refractivity contribution is -0.132. The van der Waals surface area contributed by atoms with Crippen LogP contribution in [0.5, 0.6) is 0 Å². The van der Waals surface area contributed by atoms with E-state index >= 15 is 0 Å². The van der Waals surface area contributed by atoms with Crippen LogP contribution in [0, 0.1) is 6.92 Å². The van der Waals surface area contributed by atoms with Crippen molar-refractivity contribution in [3.05, 3.63) is 59.9 Å². The molecule has 0 radical (unpaired) electrons. The number of nitrogens with two attached hydrogens (primary N) is 1. The second-order valence-electron chi connectivity index (χ2n) is 6.12. The normalized spacial score (nSPS) is 22.9. The standard InChI is InChI=1S/C7H8O3S.C6H6N2O.C5H10O5/c1-6-2-4-7(5-3-6)11(8,9)10;7-6(9)5-2-1-3-8-4-5;6-1-2-3(7)4(8)5(9)10-2/h2-5H,1H3,(H,8,9,10);1-4H,(H2,7,9);2-9H,1H2/t;;2-,3-,4-,5-/m..1/s1. The van der Waals surface area contributed by atoms with E-state index < -0.39 is 47.2 Å². The minimum atomic E-state index is -4.02. The number of nitrogens with zero attached hydrogens (tertiary/aromatic N) is 1.